The molecular formula is C6H8S. The molecule has 0 aromatic carbocycles. The molecule has 0 spiro atoms. The molecule has 0 heterocycles. The summed E-state index contributed by atoms with van der Waals surface area (Å²) < 4.78 is 0. The van der Waals surface area contributed by atoms with E-state index in [1.807, 2.05) is 5.41 Å². The zero-order valence-electron chi connectivity index (χ0n) is 4.40. The highest BCUT2D eigenvalue weighted by atomic mass is 32.2. The minimum absolute atomic E-state index is 1.09. The fourth-order valence-electron chi connectivity index (χ4n) is 0.167. The molecule has 0 N–H and O–H groups in total. The predicted molar refractivity (Wildman–Crippen MR) is 35.4 cm³/mol. The molecule has 7 heavy (non-hydrogen) atoms. The fourth-order valence-corrected chi connectivity index (χ4v) is 0.500. The van der Waals surface area contributed by atoms with Gasteiger partial charge in [-0.2, -0.15) is 0 Å². The van der Waals surface area contributed by atoms with Gasteiger partial charge in [0, 0.05) is 5.41 Å². The quantitative estimate of drug-likeness (QED) is 0.493. The van der Waals surface area contributed by atoms with Crippen LogP contribution < -0.4 is 0 Å². The summed E-state index contributed by atoms with van der Waals surface area (Å²) in [5.74, 6) is 1.09. The smallest absolute Gasteiger partial charge is 0.0213 e. The lowest BCUT2D eigenvalue weighted by Crippen LogP contribution is -1.52. The van der Waals surface area contributed by atoms with Gasteiger partial charge in [-0.05, 0) is 12.3 Å². The summed E-state index contributed by atoms with van der Waals surface area (Å²) in [5, 5.41) is 1.85. The van der Waals surface area contributed by atoms with Crippen LogP contribution in [0.4, 0.5) is 0 Å². The Labute approximate surface area is 48.6 Å². The van der Waals surface area contributed by atoms with Gasteiger partial charge in [-0.1, -0.05) is 18.4 Å². The average molecular weight is 112 g/mol. The highest BCUT2D eigenvalue weighted by molar-refractivity contribution is 8.02. The van der Waals surface area contributed by atoms with Crippen LogP contribution in [0, 0.1) is 0 Å². The molecule has 0 saturated carbocycles. The Bertz CT molecular complexity index is 103. The van der Waals surface area contributed by atoms with E-state index in [-0.39, 0.29) is 0 Å². The Morgan fingerprint density at radius 1 is 1.86 bits per heavy atom. The maximum Gasteiger partial charge on any atom is 0.0213 e. The first-order chi connectivity index (χ1) is 3.41. The van der Waals surface area contributed by atoms with Crippen LogP contribution in [0.15, 0.2) is 23.4 Å². The van der Waals surface area contributed by atoms with E-state index in [9.17, 15) is 0 Å². The second-order valence-corrected chi connectivity index (χ2v) is 2.04. The minimum atomic E-state index is 1.09. The summed E-state index contributed by atoms with van der Waals surface area (Å²) in [5.41, 5.74) is 5.25. The number of hydrogen-bond donors (Lipinski definition) is 0. The standard InChI is InChI=1S/C6H8S/c1-3-5-6-7-4-2/h6H,1,4H2,2H3. The first kappa shape index (κ1) is 6.65. The molecule has 0 fully saturated rings. The SMILES string of the molecule is C=C=C=CSCC. The first-order valence-corrected chi connectivity index (χ1v) is 3.17. The molecule has 0 amide bonds. The Morgan fingerprint density at radius 2 is 2.57 bits per heavy atom. The van der Waals surface area contributed by atoms with Crippen molar-refractivity contribution in [3.8, 4) is 0 Å². The van der Waals surface area contributed by atoms with Crippen molar-refractivity contribution in [1.29, 1.82) is 0 Å². The van der Waals surface area contributed by atoms with Crippen molar-refractivity contribution in [2.45, 2.75) is 6.92 Å². The molecule has 38 valence electrons. The Morgan fingerprint density at radius 3 is 3.00 bits per heavy atom. The third kappa shape index (κ3) is 5.65. The number of rotatable bonds is 2. The summed E-state index contributed by atoms with van der Waals surface area (Å²) in [7, 11) is 0. The van der Waals surface area contributed by atoms with E-state index in [0.29, 0.717) is 0 Å². The van der Waals surface area contributed by atoms with Gasteiger partial charge in [0.05, 0.1) is 0 Å². The van der Waals surface area contributed by atoms with Crippen molar-refractivity contribution in [3.05, 3.63) is 23.4 Å². The molecule has 0 aliphatic heterocycles. The van der Waals surface area contributed by atoms with E-state index in [1.165, 1.54) is 0 Å². The molecule has 0 aliphatic carbocycles. The summed E-state index contributed by atoms with van der Waals surface area (Å²) in [6.07, 6.45) is 0. The Balaban J connectivity index is 3.28. The Kier molecular flexibility index (Phi) is 5.37. The van der Waals surface area contributed by atoms with Crippen molar-refractivity contribution in [3.63, 3.8) is 0 Å². The van der Waals surface area contributed by atoms with Gasteiger partial charge in [0.15, 0.2) is 0 Å². The lowest BCUT2D eigenvalue weighted by Gasteiger charge is -1.73. The van der Waals surface area contributed by atoms with Crippen molar-refractivity contribution >= 4 is 11.8 Å². The molecule has 0 rings (SSSR count). The van der Waals surface area contributed by atoms with Crippen molar-refractivity contribution < 1.29 is 0 Å². The molecule has 0 nitrogen and oxygen atoms in total. The van der Waals surface area contributed by atoms with E-state index in [0.717, 1.165) is 5.75 Å². The molecule has 0 aromatic heterocycles. The summed E-state index contributed by atoms with van der Waals surface area (Å²) in [6.45, 7) is 5.44. The van der Waals surface area contributed by atoms with Crippen molar-refractivity contribution in [1.82, 2.24) is 0 Å². The molecule has 0 radical (unpaired) electrons. The van der Waals surface area contributed by atoms with Gasteiger partial charge in [0.2, 0.25) is 0 Å². The molecule has 0 unspecified atom stereocenters. The van der Waals surface area contributed by atoms with Gasteiger partial charge in [0.25, 0.3) is 0 Å². The van der Waals surface area contributed by atoms with Crippen LogP contribution in [0.2, 0.25) is 0 Å². The van der Waals surface area contributed by atoms with E-state index < -0.39 is 0 Å². The topological polar surface area (TPSA) is 0 Å². The summed E-state index contributed by atoms with van der Waals surface area (Å²) >= 11 is 1.69. The molecular weight excluding hydrogens is 104 g/mol. The number of hydrogen-bond acceptors (Lipinski definition) is 1. The average Bonchev–Trinajstić information content (AvgIpc) is 1.69. The zero-order chi connectivity index (χ0) is 5.54. The highest BCUT2D eigenvalue weighted by Gasteiger charge is 1.64. The normalized spacial score (nSPS) is 6.43. The minimum Gasteiger partial charge on any atom is -0.125 e. The van der Waals surface area contributed by atoms with E-state index in [2.05, 4.69) is 25.0 Å². The Hall–Kier alpha value is -0.350. The third-order valence-corrected chi connectivity index (χ3v) is 1.03. The van der Waals surface area contributed by atoms with Gasteiger partial charge in [-0.15, -0.1) is 11.8 Å². The van der Waals surface area contributed by atoms with E-state index in [1.54, 1.807) is 11.8 Å². The molecule has 0 aliphatic rings. The van der Waals surface area contributed by atoms with Crippen LogP contribution in [-0.2, 0) is 0 Å². The molecule has 0 saturated heterocycles. The lowest BCUT2D eigenvalue weighted by molar-refractivity contribution is 1.54. The highest BCUT2D eigenvalue weighted by Crippen LogP contribution is 1.96. The van der Waals surface area contributed by atoms with Crippen LogP contribution >= 0.6 is 11.8 Å². The molecule has 1 heteroatoms. The fraction of sp³-hybridized carbons (Fsp3) is 0.333. The molecule has 0 aromatic rings. The number of thioether (sulfide) groups is 1. The van der Waals surface area contributed by atoms with Crippen molar-refractivity contribution in [2.75, 3.05) is 5.75 Å². The van der Waals surface area contributed by atoms with Crippen LogP contribution in [0.3, 0.4) is 0 Å². The van der Waals surface area contributed by atoms with Gasteiger partial charge in [0.1, 0.15) is 0 Å². The summed E-state index contributed by atoms with van der Waals surface area (Å²) in [4.78, 5) is 0. The van der Waals surface area contributed by atoms with Crippen LogP contribution in [0.5, 0.6) is 0 Å². The van der Waals surface area contributed by atoms with Crippen LogP contribution in [0.1, 0.15) is 6.92 Å². The van der Waals surface area contributed by atoms with Crippen LogP contribution in [-0.4, -0.2) is 5.75 Å². The summed E-state index contributed by atoms with van der Waals surface area (Å²) in [6, 6.07) is 0. The van der Waals surface area contributed by atoms with Gasteiger partial charge in [-0.25, -0.2) is 0 Å². The monoisotopic (exact) mass is 112 g/mol. The zero-order valence-corrected chi connectivity index (χ0v) is 5.22. The van der Waals surface area contributed by atoms with E-state index in [4.69, 9.17) is 0 Å². The first-order valence-electron chi connectivity index (χ1n) is 2.12. The van der Waals surface area contributed by atoms with Gasteiger partial charge < -0.3 is 0 Å². The molecule has 0 atom stereocenters. The second kappa shape index (κ2) is 5.65. The van der Waals surface area contributed by atoms with Gasteiger partial charge in [-0.3, -0.25) is 0 Å². The predicted octanol–water partition coefficient (Wildman–Crippen LogP) is 2.19. The molecule has 0 bridgehead atoms. The van der Waals surface area contributed by atoms with Gasteiger partial charge >= 0.3 is 0 Å². The van der Waals surface area contributed by atoms with E-state index >= 15 is 0 Å². The second-order valence-electron chi connectivity index (χ2n) is 0.894. The van der Waals surface area contributed by atoms with Crippen molar-refractivity contribution in [2.24, 2.45) is 0 Å². The third-order valence-electron chi connectivity index (χ3n) is 0.411. The maximum atomic E-state index is 3.35. The maximum absolute atomic E-state index is 3.35. The lowest BCUT2D eigenvalue weighted by atomic mass is 10.9. The largest absolute Gasteiger partial charge is 0.125 e. The van der Waals surface area contributed by atoms with Crippen LogP contribution in [0.25, 0.3) is 0 Å².